The summed E-state index contributed by atoms with van der Waals surface area (Å²) in [6.45, 7) is 0. The van der Waals surface area contributed by atoms with Crippen LogP contribution in [0.2, 0.25) is 0 Å². The van der Waals surface area contributed by atoms with Crippen LogP contribution in [0.25, 0.3) is 0 Å². The van der Waals surface area contributed by atoms with Crippen molar-refractivity contribution in [2.75, 3.05) is 14.1 Å². The van der Waals surface area contributed by atoms with Crippen molar-refractivity contribution in [2.45, 2.75) is 31.2 Å². The normalized spacial score (nSPS) is 18.3. The summed E-state index contributed by atoms with van der Waals surface area (Å²) >= 11 is 0. The first kappa shape index (κ1) is 13.1. The maximum atomic E-state index is 13.7. The number of carbonyl (C=O) groups excluding carboxylic acids is 1. The fourth-order valence-corrected chi connectivity index (χ4v) is 2.78. The minimum absolute atomic E-state index is 0.395. The van der Waals surface area contributed by atoms with Gasteiger partial charge in [-0.25, -0.2) is 8.78 Å². The summed E-state index contributed by atoms with van der Waals surface area (Å²) < 4.78 is 27.4. The Morgan fingerprint density at radius 1 is 1.17 bits per heavy atom. The molecule has 4 heteroatoms. The first-order valence-electron chi connectivity index (χ1n) is 6.15. The Morgan fingerprint density at radius 3 is 2.11 bits per heavy atom. The molecule has 18 heavy (non-hydrogen) atoms. The highest BCUT2D eigenvalue weighted by Crippen LogP contribution is 2.37. The highest BCUT2D eigenvalue weighted by molar-refractivity contribution is 6.03. The van der Waals surface area contributed by atoms with Crippen LogP contribution in [0, 0.1) is 11.6 Å². The fraction of sp³-hybridized carbons (Fsp3) is 0.500. The minimum atomic E-state index is -0.770. The smallest absolute Gasteiger partial charge is 0.188 e. The maximum Gasteiger partial charge on any atom is 0.188 e. The summed E-state index contributed by atoms with van der Waals surface area (Å²) in [7, 11) is 3.59. The molecule has 0 bridgehead atoms. The number of benzene rings is 1. The number of Topliss-reactive ketones (excluding diaryl/α,β-unsaturated/α-hetero) is 1. The van der Waals surface area contributed by atoms with E-state index in [9.17, 15) is 13.6 Å². The number of carbonyl (C=O) groups is 1. The predicted molar refractivity (Wildman–Crippen MR) is 65.6 cm³/mol. The second-order valence-corrected chi connectivity index (χ2v) is 5.06. The number of hydrogen-bond acceptors (Lipinski definition) is 2. The molecule has 0 heterocycles. The number of rotatable bonds is 3. The molecule has 0 spiro atoms. The Balaban J connectivity index is 2.47. The molecule has 0 radical (unpaired) electrons. The molecule has 98 valence electrons. The second-order valence-electron chi connectivity index (χ2n) is 5.06. The molecule has 1 aromatic carbocycles. The molecule has 0 saturated heterocycles. The van der Waals surface area contributed by atoms with Gasteiger partial charge in [0, 0.05) is 0 Å². The van der Waals surface area contributed by atoms with Gasteiger partial charge < -0.3 is 0 Å². The number of nitrogens with zero attached hydrogens (tertiary/aromatic N) is 1. The summed E-state index contributed by atoms with van der Waals surface area (Å²) in [6, 6.07) is 3.54. The molecule has 0 aliphatic heterocycles. The van der Waals surface area contributed by atoms with E-state index >= 15 is 0 Å². The molecule has 1 saturated carbocycles. The lowest BCUT2D eigenvalue weighted by atomic mass is 9.86. The SMILES string of the molecule is CN(C)C1(C(=O)c2c(F)cccc2F)CCCC1. The van der Waals surface area contributed by atoms with Crippen molar-refractivity contribution in [3.8, 4) is 0 Å². The quantitative estimate of drug-likeness (QED) is 0.772. The summed E-state index contributed by atoms with van der Waals surface area (Å²) in [4.78, 5) is 14.3. The zero-order chi connectivity index (χ0) is 13.3. The van der Waals surface area contributed by atoms with E-state index < -0.39 is 28.5 Å². The lowest BCUT2D eigenvalue weighted by Gasteiger charge is -2.34. The van der Waals surface area contributed by atoms with E-state index in [1.807, 2.05) is 0 Å². The van der Waals surface area contributed by atoms with E-state index in [4.69, 9.17) is 0 Å². The standard InChI is InChI=1S/C14H17F2NO/c1-17(2)14(8-3-4-9-14)13(18)12-10(15)6-5-7-11(12)16/h5-7H,3-4,8-9H2,1-2H3. The molecule has 1 aliphatic carbocycles. The van der Waals surface area contributed by atoms with E-state index in [1.165, 1.54) is 6.07 Å². The van der Waals surface area contributed by atoms with Gasteiger partial charge in [-0.15, -0.1) is 0 Å². The Labute approximate surface area is 106 Å². The van der Waals surface area contributed by atoms with Gasteiger partial charge in [-0.05, 0) is 39.1 Å². The highest BCUT2D eigenvalue weighted by atomic mass is 19.1. The van der Waals surface area contributed by atoms with Crippen LogP contribution in [-0.4, -0.2) is 30.3 Å². The maximum absolute atomic E-state index is 13.7. The van der Waals surface area contributed by atoms with Crippen LogP contribution in [0.1, 0.15) is 36.0 Å². The van der Waals surface area contributed by atoms with Gasteiger partial charge in [-0.3, -0.25) is 9.69 Å². The minimum Gasteiger partial charge on any atom is -0.297 e. The fourth-order valence-electron chi connectivity index (χ4n) is 2.78. The van der Waals surface area contributed by atoms with Gasteiger partial charge in [0.05, 0.1) is 11.1 Å². The molecule has 2 rings (SSSR count). The summed E-state index contributed by atoms with van der Waals surface area (Å²) in [6.07, 6.45) is 3.15. The number of hydrogen-bond donors (Lipinski definition) is 0. The number of likely N-dealkylation sites (N-methyl/N-ethyl adjacent to an activating group) is 1. The van der Waals surface area contributed by atoms with Crippen LogP contribution in [0.3, 0.4) is 0 Å². The Kier molecular flexibility index (Phi) is 3.48. The van der Waals surface area contributed by atoms with Crippen LogP contribution in [-0.2, 0) is 0 Å². The third kappa shape index (κ3) is 1.94. The molecule has 1 fully saturated rings. The molecule has 0 N–H and O–H groups in total. The molecule has 0 unspecified atom stereocenters. The summed E-state index contributed by atoms with van der Waals surface area (Å²) in [5, 5.41) is 0. The second kappa shape index (κ2) is 4.76. The molecule has 0 atom stereocenters. The predicted octanol–water partition coefficient (Wildman–Crippen LogP) is 3.02. The average Bonchev–Trinajstić information content (AvgIpc) is 2.78. The number of ketones is 1. The van der Waals surface area contributed by atoms with Crippen LogP contribution < -0.4 is 0 Å². The zero-order valence-electron chi connectivity index (χ0n) is 10.7. The molecule has 1 aliphatic rings. The zero-order valence-corrected chi connectivity index (χ0v) is 10.7. The van der Waals surface area contributed by atoms with E-state index in [0.717, 1.165) is 25.0 Å². The summed E-state index contributed by atoms with van der Waals surface area (Å²) in [5.74, 6) is -1.97. The first-order valence-corrected chi connectivity index (χ1v) is 6.15. The Morgan fingerprint density at radius 2 is 1.67 bits per heavy atom. The molecule has 0 aromatic heterocycles. The molecular formula is C14H17F2NO. The van der Waals surface area contributed by atoms with E-state index in [0.29, 0.717) is 12.8 Å². The van der Waals surface area contributed by atoms with Crippen LogP contribution in [0.5, 0.6) is 0 Å². The van der Waals surface area contributed by atoms with Crippen molar-refractivity contribution in [3.63, 3.8) is 0 Å². The topological polar surface area (TPSA) is 20.3 Å². The van der Waals surface area contributed by atoms with Gasteiger partial charge in [-0.2, -0.15) is 0 Å². The first-order chi connectivity index (χ1) is 8.49. The van der Waals surface area contributed by atoms with Crippen LogP contribution in [0.4, 0.5) is 8.78 Å². The average molecular weight is 253 g/mol. The lowest BCUT2D eigenvalue weighted by Crippen LogP contribution is -2.49. The van der Waals surface area contributed by atoms with Crippen molar-refractivity contribution in [1.82, 2.24) is 4.90 Å². The van der Waals surface area contributed by atoms with Gasteiger partial charge in [0.25, 0.3) is 0 Å². The summed E-state index contributed by atoms with van der Waals surface area (Å²) in [5.41, 5.74) is -1.14. The van der Waals surface area contributed by atoms with Gasteiger partial charge in [0.1, 0.15) is 11.6 Å². The lowest BCUT2D eigenvalue weighted by molar-refractivity contribution is 0.0684. The Hall–Kier alpha value is -1.29. The molecule has 1 aromatic rings. The van der Waals surface area contributed by atoms with Crippen molar-refractivity contribution >= 4 is 5.78 Å². The monoisotopic (exact) mass is 253 g/mol. The van der Waals surface area contributed by atoms with Crippen molar-refractivity contribution in [2.24, 2.45) is 0 Å². The van der Waals surface area contributed by atoms with Gasteiger partial charge in [0.2, 0.25) is 0 Å². The molecule has 2 nitrogen and oxygen atoms in total. The largest absolute Gasteiger partial charge is 0.297 e. The van der Waals surface area contributed by atoms with E-state index in [2.05, 4.69) is 0 Å². The number of halogens is 2. The van der Waals surface area contributed by atoms with Crippen molar-refractivity contribution in [1.29, 1.82) is 0 Å². The Bertz CT molecular complexity index is 445. The van der Waals surface area contributed by atoms with Crippen molar-refractivity contribution < 1.29 is 13.6 Å². The van der Waals surface area contributed by atoms with Gasteiger partial charge >= 0.3 is 0 Å². The third-order valence-corrected chi connectivity index (χ3v) is 3.90. The third-order valence-electron chi connectivity index (χ3n) is 3.90. The molecule has 0 amide bonds. The van der Waals surface area contributed by atoms with Gasteiger partial charge in [0.15, 0.2) is 5.78 Å². The van der Waals surface area contributed by atoms with Gasteiger partial charge in [-0.1, -0.05) is 18.9 Å². The van der Waals surface area contributed by atoms with E-state index in [-0.39, 0.29) is 0 Å². The van der Waals surface area contributed by atoms with Crippen molar-refractivity contribution in [3.05, 3.63) is 35.4 Å². The van der Waals surface area contributed by atoms with Crippen LogP contribution in [0.15, 0.2) is 18.2 Å². The highest BCUT2D eigenvalue weighted by Gasteiger charge is 2.45. The molecular weight excluding hydrogens is 236 g/mol. The van der Waals surface area contributed by atoms with Crippen LogP contribution >= 0.6 is 0 Å². The van der Waals surface area contributed by atoms with E-state index in [1.54, 1.807) is 19.0 Å².